The third kappa shape index (κ3) is 3.64. The van der Waals surface area contributed by atoms with Gasteiger partial charge in [0.2, 0.25) is 5.78 Å². The third-order valence-corrected chi connectivity index (χ3v) is 3.73. The number of rotatable bonds is 5. The van der Waals surface area contributed by atoms with Gasteiger partial charge < -0.3 is 5.32 Å². The molecule has 2 aromatic carbocycles. The van der Waals surface area contributed by atoms with E-state index in [0.717, 1.165) is 17.5 Å². The number of hydrogen-bond acceptors (Lipinski definition) is 3. The lowest BCUT2D eigenvalue weighted by atomic mass is 9.95. The van der Waals surface area contributed by atoms with Crippen LogP contribution in [0, 0.1) is 18.3 Å². The summed E-state index contributed by atoms with van der Waals surface area (Å²) in [6.45, 7) is 3.85. The molecule has 0 fully saturated rings. The Morgan fingerprint density at radius 3 is 2.43 bits per heavy atom. The molecular formula is C19H18N2O2. The fourth-order valence-corrected chi connectivity index (χ4v) is 2.44. The number of nitrogens with zero attached hydrogens (tertiary/aromatic N) is 1. The van der Waals surface area contributed by atoms with Gasteiger partial charge >= 0.3 is 0 Å². The summed E-state index contributed by atoms with van der Waals surface area (Å²) in [6.07, 6.45) is 0.742. The van der Waals surface area contributed by atoms with Crippen LogP contribution < -0.4 is 5.32 Å². The number of carbonyl (C=O) groups is 2. The topological polar surface area (TPSA) is 70.0 Å². The van der Waals surface area contributed by atoms with Gasteiger partial charge in [-0.15, -0.1) is 0 Å². The molecule has 0 heterocycles. The number of para-hydroxylation sites is 1. The predicted octanol–water partition coefficient (Wildman–Crippen LogP) is 3.37. The van der Waals surface area contributed by atoms with Gasteiger partial charge in [0.25, 0.3) is 5.91 Å². The predicted molar refractivity (Wildman–Crippen MR) is 89.0 cm³/mol. The molecule has 0 aliphatic carbocycles. The standard InChI is InChI=1S/C19H18N2O2/c1-3-14-11-7-8-13(2)17(14)21-19(23)18(22)16(12-20)15-9-5-4-6-10-15/h4-11,16H,3H2,1-2H3,(H,21,23)/t16-/m0/s1. The van der Waals surface area contributed by atoms with Crippen molar-refractivity contribution in [3.05, 3.63) is 65.2 Å². The molecule has 1 N–H and O–H groups in total. The summed E-state index contributed by atoms with van der Waals surface area (Å²) in [5.41, 5.74) is 3.02. The molecule has 0 bridgehead atoms. The van der Waals surface area contributed by atoms with Crippen LogP contribution in [0.3, 0.4) is 0 Å². The van der Waals surface area contributed by atoms with Crippen LogP contribution in [-0.2, 0) is 16.0 Å². The van der Waals surface area contributed by atoms with Gasteiger partial charge in [-0.2, -0.15) is 5.26 Å². The van der Waals surface area contributed by atoms with E-state index >= 15 is 0 Å². The van der Waals surface area contributed by atoms with Gasteiger partial charge in [-0.25, -0.2) is 0 Å². The Balaban J connectivity index is 2.24. The molecule has 4 nitrogen and oxygen atoms in total. The fraction of sp³-hybridized carbons (Fsp3) is 0.211. The molecular weight excluding hydrogens is 288 g/mol. The minimum absolute atomic E-state index is 0.524. The summed E-state index contributed by atoms with van der Waals surface area (Å²) in [5, 5.41) is 11.9. The first-order chi connectivity index (χ1) is 11.1. The molecule has 0 spiro atoms. The number of benzene rings is 2. The zero-order valence-electron chi connectivity index (χ0n) is 13.2. The number of ketones is 1. The Kier molecular flexibility index (Phi) is 5.27. The van der Waals surface area contributed by atoms with Crippen LogP contribution >= 0.6 is 0 Å². The van der Waals surface area contributed by atoms with E-state index in [1.54, 1.807) is 30.3 Å². The summed E-state index contributed by atoms with van der Waals surface area (Å²) in [7, 11) is 0. The first-order valence-electron chi connectivity index (χ1n) is 7.46. The minimum atomic E-state index is -1.09. The van der Waals surface area contributed by atoms with E-state index in [0.29, 0.717) is 11.3 Å². The molecule has 0 saturated heterocycles. The Labute approximate surface area is 135 Å². The molecule has 0 aliphatic rings. The smallest absolute Gasteiger partial charge is 0.293 e. The van der Waals surface area contributed by atoms with Crippen LogP contribution in [0.25, 0.3) is 0 Å². The Morgan fingerprint density at radius 2 is 1.83 bits per heavy atom. The second-order valence-electron chi connectivity index (χ2n) is 5.25. The number of Topliss-reactive ketones (excluding diaryl/α,β-unsaturated/α-hetero) is 1. The highest BCUT2D eigenvalue weighted by Crippen LogP contribution is 2.22. The highest BCUT2D eigenvalue weighted by atomic mass is 16.2. The van der Waals surface area contributed by atoms with Crippen molar-refractivity contribution in [1.82, 2.24) is 0 Å². The van der Waals surface area contributed by atoms with Crippen molar-refractivity contribution in [3.8, 4) is 6.07 Å². The van der Waals surface area contributed by atoms with E-state index in [2.05, 4.69) is 5.32 Å². The number of aryl methyl sites for hydroxylation is 2. The molecule has 0 radical (unpaired) electrons. The Morgan fingerprint density at radius 1 is 1.13 bits per heavy atom. The number of hydrogen-bond donors (Lipinski definition) is 1. The van der Waals surface area contributed by atoms with Crippen molar-refractivity contribution in [2.24, 2.45) is 0 Å². The lowest BCUT2D eigenvalue weighted by Gasteiger charge is -2.14. The van der Waals surface area contributed by atoms with Crippen LogP contribution in [0.2, 0.25) is 0 Å². The molecule has 1 atom stereocenters. The van der Waals surface area contributed by atoms with Gasteiger partial charge in [0.05, 0.1) is 6.07 Å². The summed E-state index contributed by atoms with van der Waals surface area (Å²) < 4.78 is 0. The van der Waals surface area contributed by atoms with Crippen molar-refractivity contribution >= 4 is 17.4 Å². The molecule has 0 unspecified atom stereocenters. The van der Waals surface area contributed by atoms with Crippen molar-refractivity contribution < 1.29 is 9.59 Å². The van der Waals surface area contributed by atoms with E-state index in [1.807, 2.05) is 38.1 Å². The number of nitriles is 1. The van der Waals surface area contributed by atoms with E-state index in [-0.39, 0.29) is 0 Å². The maximum Gasteiger partial charge on any atom is 0.293 e. The van der Waals surface area contributed by atoms with Gasteiger partial charge in [-0.3, -0.25) is 9.59 Å². The zero-order valence-corrected chi connectivity index (χ0v) is 13.2. The van der Waals surface area contributed by atoms with Crippen molar-refractivity contribution in [1.29, 1.82) is 5.26 Å². The molecule has 2 aromatic rings. The van der Waals surface area contributed by atoms with E-state index in [4.69, 9.17) is 0 Å². The molecule has 0 aliphatic heterocycles. The van der Waals surface area contributed by atoms with Crippen LogP contribution in [0.5, 0.6) is 0 Å². The number of nitrogens with one attached hydrogen (secondary N) is 1. The minimum Gasteiger partial charge on any atom is -0.319 e. The normalized spacial score (nSPS) is 11.3. The van der Waals surface area contributed by atoms with Gasteiger partial charge in [0.15, 0.2) is 0 Å². The highest BCUT2D eigenvalue weighted by Gasteiger charge is 2.27. The van der Waals surface area contributed by atoms with Crippen molar-refractivity contribution in [3.63, 3.8) is 0 Å². The van der Waals surface area contributed by atoms with Gasteiger partial charge in [-0.1, -0.05) is 55.5 Å². The summed E-state index contributed by atoms with van der Waals surface area (Å²) in [4.78, 5) is 24.7. The molecule has 0 aromatic heterocycles. The largest absolute Gasteiger partial charge is 0.319 e. The molecule has 116 valence electrons. The van der Waals surface area contributed by atoms with Gasteiger partial charge in [0, 0.05) is 5.69 Å². The lowest BCUT2D eigenvalue weighted by Crippen LogP contribution is -2.28. The summed E-state index contributed by atoms with van der Waals surface area (Å²) in [5.74, 6) is -2.60. The van der Waals surface area contributed by atoms with Crippen LogP contribution in [-0.4, -0.2) is 11.7 Å². The SMILES string of the molecule is CCc1cccc(C)c1NC(=O)C(=O)[C@@H](C#N)c1ccccc1. The monoisotopic (exact) mass is 306 g/mol. The zero-order chi connectivity index (χ0) is 16.8. The molecule has 4 heteroatoms. The van der Waals surface area contributed by atoms with Crippen molar-refractivity contribution in [2.75, 3.05) is 5.32 Å². The number of amides is 1. The maximum absolute atomic E-state index is 12.4. The summed E-state index contributed by atoms with van der Waals surface area (Å²) in [6, 6.07) is 16.2. The molecule has 1 amide bonds. The molecule has 23 heavy (non-hydrogen) atoms. The average molecular weight is 306 g/mol. The first-order valence-corrected chi connectivity index (χ1v) is 7.46. The number of anilines is 1. The second-order valence-corrected chi connectivity index (χ2v) is 5.25. The fourth-order valence-electron chi connectivity index (χ4n) is 2.44. The van der Waals surface area contributed by atoms with Crippen LogP contribution in [0.4, 0.5) is 5.69 Å². The van der Waals surface area contributed by atoms with E-state index in [1.165, 1.54) is 0 Å². The molecule has 2 rings (SSSR count). The third-order valence-electron chi connectivity index (χ3n) is 3.73. The lowest BCUT2D eigenvalue weighted by molar-refractivity contribution is -0.135. The summed E-state index contributed by atoms with van der Waals surface area (Å²) >= 11 is 0. The second kappa shape index (κ2) is 7.37. The first kappa shape index (κ1) is 16.4. The maximum atomic E-state index is 12.4. The van der Waals surface area contributed by atoms with Gasteiger partial charge in [-0.05, 0) is 30.0 Å². The van der Waals surface area contributed by atoms with E-state index in [9.17, 15) is 14.9 Å². The van der Waals surface area contributed by atoms with Crippen molar-refractivity contribution in [2.45, 2.75) is 26.2 Å². The highest BCUT2D eigenvalue weighted by molar-refractivity contribution is 6.43. The van der Waals surface area contributed by atoms with E-state index < -0.39 is 17.6 Å². The Hall–Kier alpha value is -2.93. The average Bonchev–Trinajstić information content (AvgIpc) is 2.58. The Bertz CT molecular complexity index is 761. The number of carbonyl (C=O) groups excluding carboxylic acids is 2. The van der Waals surface area contributed by atoms with Crippen LogP contribution in [0.15, 0.2) is 48.5 Å². The molecule has 0 saturated carbocycles. The van der Waals surface area contributed by atoms with Crippen LogP contribution in [0.1, 0.15) is 29.5 Å². The quantitative estimate of drug-likeness (QED) is 0.861. The van der Waals surface area contributed by atoms with Gasteiger partial charge in [0.1, 0.15) is 5.92 Å².